The van der Waals surface area contributed by atoms with E-state index < -0.39 is 21.3 Å². The number of para-hydroxylation sites is 1. The van der Waals surface area contributed by atoms with Gasteiger partial charge in [-0.3, -0.25) is 4.84 Å². The van der Waals surface area contributed by atoms with Crippen LogP contribution in [0.4, 0.5) is 0 Å². The highest BCUT2D eigenvalue weighted by Crippen LogP contribution is 2.34. The Morgan fingerprint density at radius 3 is 2.44 bits per heavy atom. The van der Waals surface area contributed by atoms with Gasteiger partial charge in [-0.1, -0.05) is 60.7 Å². The summed E-state index contributed by atoms with van der Waals surface area (Å²) < 4.78 is 40.3. The van der Waals surface area contributed by atoms with E-state index in [0.717, 1.165) is 28.2 Å². The molecule has 1 aliphatic heterocycles. The highest BCUT2D eigenvalue weighted by atomic mass is 32.2. The van der Waals surface area contributed by atoms with E-state index in [0.29, 0.717) is 13.0 Å². The Morgan fingerprint density at radius 1 is 1.00 bits per heavy atom. The molecular weight excluding hydrogens is 452 g/mol. The third-order valence-electron chi connectivity index (χ3n) is 5.94. The molecule has 0 unspecified atom stereocenters. The van der Waals surface area contributed by atoms with Crippen molar-refractivity contribution in [1.82, 2.24) is 9.79 Å². The Balaban J connectivity index is 1.40. The van der Waals surface area contributed by atoms with E-state index in [9.17, 15) is 8.42 Å². The summed E-state index contributed by atoms with van der Waals surface area (Å²) in [7, 11) is -0.258. The number of hydroxylamine groups is 2. The van der Waals surface area contributed by atoms with Crippen molar-refractivity contribution in [3.8, 4) is 11.5 Å². The fraction of sp³-hybridized carbons (Fsp3) is 0.308. The van der Waals surface area contributed by atoms with Gasteiger partial charge < -0.3 is 9.47 Å². The van der Waals surface area contributed by atoms with E-state index in [1.807, 2.05) is 78.9 Å². The molecule has 0 saturated carbocycles. The van der Waals surface area contributed by atoms with Crippen molar-refractivity contribution in [3.63, 3.8) is 0 Å². The van der Waals surface area contributed by atoms with E-state index in [2.05, 4.69) is 4.72 Å². The molecule has 3 aromatic carbocycles. The number of ether oxygens (including phenoxy) is 2. The maximum absolute atomic E-state index is 13.2. The molecule has 0 amide bonds. The first-order valence-electron chi connectivity index (χ1n) is 11.2. The summed E-state index contributed by atoms with van der Waals surface area (Å²) in [5, 5.41) is 0.885. The van der Waals surface area contributed by atoms with Gasteiger partial charge in [-0.05, 0) is 41.3 Å². The normalized spacial score (nSPS) is 18.6. The van der Waals surface area contributed by atoms with Crippen LogP contribution in [0, 0.1) is 0 Å². The number of hydrogen-bond donors (Lipinski definition) is 1. The molecule has 180 valence electrons. The zero-order valence-corrected chi connectivity index (χ0v) is 20.2. The molecule has 4 rings (SSSR count). The number of nitrogens with zero attached hydrogens (tertiary/aromatic N) is 1. The lowest BCUT2D eigenvalue weighted by molar-refractivity contribution is -0.110. The zero-order valence-electron chi connectivity index (χ0n) is 19.4. The number of benzene rings is 3. The van der Waals surface area contributed by atoms with Crippen molar-refractivity contribution in [2.45, 2.75) is 24.3 Å². The third kappa shape index (κ3) is 5.77. The number of sulfonamides is 1. The first kappa shape index (κ1) is 24.2. The van der Waals surface area contributed by atoms with Gasteiger partial charge >= 0.3 is 0 Å². The molecule has 0 bridgehead atoms. The first-order chi connectivity index (χ1) is 16.5. The molecule has 1 fully saturated rings. The van der Waals surface area contributed by atoms with Crippen LogP contribution in [-0.2, 0) is 27.9 Å². The number of methoxy groups -OCH3 is 1. The standard InChI is InChI=1S/C26H30N2O5S/c1-28-26(22-12-14-23(15-13-22)32-18-20-8-4-3-5-9-20)25(19-33-28)34(29,30)27-17-16-21-10-6-7-11-24(21)31-2/h3-15,25-27H,16-19H2,1-2H3/t25-,26-/m1/s1. The average Bonchev–Trinajstić information content (AvgIpc) is 3.26. The van der Waals surface area contributed by atoms with Crippen LogP contribution in [0.25, 0.3) is 0 Å². The van der Waals surface area contributed by atoms with Crippen LogP contribution in [0.15, 0.2) is 78.9 Å². The van der Waals surface area contributed by atoms with Gasteiger partial charge in [-0.2, -0.15) is 5.06 Å². The van der Waals surface area contributed by atoms with E-state index >= 15 is 0 Å². The van der Waals surface area contributed by atoms with Crippen LogP contribution in [0.1, 0.15) is 22.7 Å². The van der Waals surface area contributed by atoms with E-state index in [-0.39, 0.29) is 13.2 Å². The molecule has 8 heteroatoms. The summed E-state index contributed by atoms with van der Waals surface area (Å²) in [6.45, 7) is 0.846. The molecule has 0 radical (unpaired) electrons. The summed E-state index contributed by atoms with van der Waals surface area (Å²) in [5.74, 6) is 1.47. The summed E-state index contributed by atoms with van der Waals surface area (Å²) in [4.78, 5) is 5.62. The van der Waals surface area contributed by atoms with Gasteiger partial charge in [0.15, 0.2) is 0 Å². The van der Waals surface area contributed by atoms with Crippen LogP contribution >= 0.6 is 0 Å². The van der Waals surface area contributed by atoms with Crippen LogP contribution in [0.2, 0.25) is 0 Å². The fourth-order valence-corrected chi connectivity index (χ4v) is 5.64. The Hall–Kier alpha value is -2.91. The highest BCUT2D eigenvalue weighted by molar-refractivity contribution is 7.90. The molecular formula is C26H30N2O5S. The van der Waals surface area contributed by atoms with Crippen molar-refractivity contribution in [1.29, 1.82) is 0 Å². The fourth-order valence-electron chi connectivity index (χ4n) is 4.13. The maximum atomic E-state index is 13.2. The third-order valence-corrected chi connectivity index (χ3v) is 7.74. The number of rotatable bonds is 10. The minimum absolute atomic E-state index is 0.0947. The summed E-state index contributed by atoms with van der Waals surface area (Å²) in [6.07, 6.45) is 0.533. The molecule has 0 spiro atoms. The second-order valence-electron chi connectivity index (χ2n) is 8.17. The van der Waals surface area contributed by atoms with Gasteiger partial charge in [-0.15, -0.1) is 0 Å². The summed E-state index contributed by atoms with van der Waals surface area (Å²) in [6, 6.07) is 24.6. The van der Waals surface area contributed by atoms with Crippen LogP contribution in [0.3, 0.4) is 0 Å². The molecule has 2 atom stereocenters. The van der Waals surface area contributed by atoms with Crippen molar-refractivity contribution in [3.05, 3.63) is 95.6 Å². The largest absolute Gasteiger partial charge is 0.496 e. The highest BCUT2D eigenvalue weighted by Gasteiger charge is 2.43. The Bertz CT molecular complexity index is 1170. The van der Waals surface area contributed by atoms with Crippen LogP contribution < -0.4 is 14.2 Å². The minimum atomic E-state index is -3.63. The lowest BCUT2D eigenvalue weighted by atomic mass is 10.0. The Kier molecular flexibility index (Phi) is 7.84. The molecule has 1 N–H and O–H groups in total. The van der Waals surface area contributed by atoms with Crippen molar-refractivity contribution in [2.24, 2.45) is 0 Å². The second-order valence-corrected chi connectivity index (χ2v) is 10.2. The molecule has 3 aromatic rings. The minimum Gasteiger partial charge on any atom is -0.496 e. The molecule has 0 aliphatic carbocycles. The molecule has 1 saturated heterocycles. The topological polar surface area (TPSA) is 77.1 Å². The van der Waals surface area contributed by atoms with Gasteiger partial charge in [-0.25, -0.2) is 13.1 Å². The maximum Gasteiger partial charge on any atom is 0.218 e. The molecule has 1 heterocycles. The summed E-state index contributed by atoms with van der Waals surface area (Å²) in [5.41, 5.74) is 2.89. The van der Waals surface area contributed by atoms with Crippen LogP contribution in [0.5, 0.6) is 11.5 Å². The number of hydrogen-bond acceptors (Lipinski definition) is 6. The van der Waals surface area contributed by atoms with E-state index in [1.54, 1.807) is 19.2 Å². The van der Waals surface area contributed by atoms with Crippen LogP contribution in [-0.4, -0.2) is 46.0 Å². The second kappa shape index (κ2) is 11.0. The van der Waals surface area contributed by atoms with Gasteiger partial charge in [0.25, 0.3) is 0 Å². The predicted molar refractivity (Wildman–Crippen MR) is 131 cm³/mol. The molecule has 34 heavy (non-hydrogen) atoms. The van der Waals surface area contributed by atoms with Crippen molar-refractivity contribution in [2.75, 3.05) is 27.3 Å². The average molecular weight is 483 g/mol. The quantitative estimate of drug-likeness (QED) is 0.475. The smallest absolute Gasteiger partial charge is 0.218 e. The van der Waals surface area contributed by atoms with E-state index in [1.165, 1.54) is 0 Å². The predicted octanol–water partition coefficient (Wildman–Crippen LogP) is 3.72. The Morgan fingerprint density at radius 2 is 1.71 bits per heavy atom. The van der Waals surface area contributed by atoms with Gasteiger partial charge in [0.05, 0.1) is 19.8 Å². The molecule has 0 aromatic heterocycles. The van der Waals surface area contributed by atoms with Crippen molar-refractivity contribution >= 4 is 10.0 Å². The first-order valence-corrected chi connectivity index (χ1v) is 12.8. The number of nitrogens with one attached hydrogen (secondary N) is 1. The zero-order chi connectivity index (χ0) is 24.0. The van der Waals surface area contributed by atoms with Gasteiger partial charge in [0, 0.05) is 13.6 Å². The monoisotopic (exact) mass is 482 g/mol. The van der Waals surface area contributed by atoms with Gasteiger partial charge in [0.2, 0.25) is 10.0 Å². The SMILES string of the molecule is COc1ccccc1CCNS(=O)(=O)[C@@H]1CON(C)[C@@H]1c1ccc(OCc2ccccc2)cc1. The molecule has 1 aliphatic rings. The Labute approximate surface area is 201 Å². The lowest BCUT2D eigenvalue weighted by Gasteiger charge is -2.23. The van der Waals surface area contributed by atoms with E-state index in [4.69, 9.17) is 14.3 Å². The summed E-state index contributed by atoms with van der Waals surface area (Å²) >= 11 is 0. The lowest BCUT2D eigenvalue weighted by Crippen LogP contribution is -2.40. The van der Waals surface area contributed by atoms with Gasteiger partial charge in [0.1, 0.15) is 23.4 Å². The molecule has 7 nitrogen and oxygen atoms in total. The van der Waals surface area contributed by atoms with Crippen molar-refractivity contribution < 1.29 is 22.7 Å².